The van der Waals surface area contributed by atoms with E-state index in [1.165, 1.54) is 0 Å². The number of phenolic OH excluding ortho intramolecular Hbond substituents is 1. The van der Waals surface area contributed by atoms with Crippen LogP contribution >= 0.6 is 0 Å². The minimum atomic E-state index is -0.440. The largest absolute Gasteiger partial charge is 0.507 e. The molecule has 44 heavy (non-hydrogen) atoms. The molecular weight excluding hydrogens is 564 g/mol. The Balaban J connectivity index is 0.970. The molecule has 0 saturated carbocycles. The number of likely N-dealkylation sites (tertiary alicyclic amines) is 2. The van der Waals surface area contributed by atoms with E-state index in [1.807, 2.05) is 32.2 Å². The highest BCUT2D eigenvalue weighted by Crippen LogP contribution is 2.33. The number of anilines is 2. The van der Waals surface area contributed by atoms with Crippen LogP contribution in [-0.2, 0) is 11.2 Å². The highest BCUT2D eigenvalue weighted by Gasteiger charge is 2.32. The van der Waals surface area contributed by atoms with Gasteiger partial charge in [0, 0.05) is 77.1 Å². The maximum atomic E-state index is 12.4. The highest BCUT2D eigenvalue weighted by molar-refractivity contribution is 5.78. The first-order chi connectivity index (χ1) is 21.4. The number of aliphatic hydroxyl groups excluding tert-OH is 1. The second kappa shape index (κ2) is 13.4. The molecule has 3 saturated heterocycles. The summed E-state index contributed by atoms with van der Waals surface area (Å²) < 4.78 is 11.4. The number of hydrogen-bond donors (Lipinski definition) is 3. The zero-order chi connectivity index (χ0) is 30.6. The van der Waals surface area contributed by atoms with Crippen LogP contribution in [0.4, 0.5) is 11.5 Å². The number of benzene rings is 1. The summed E-state index contributed by atoms with van der Waals surface area (Å²) in [6.07, 6.45) is 1.33. The Bertz CT molecular complexity index is 1430. The van der Waals surface area contributed by atoms with Gasteiger partial charge in [-0.05, 0) is 49.7 Å². The van der Waals surface area contributed by atoms with Gasteiger partial charge in [-0.15, -0.1) is 10.2 Å². The number of piperazine rings is 1. The molecule has 1 aromatic carbocycles. The lowest BCUT2D eigenvalue weighted by Gasteiger charge is -2.39. The topological polar surface area (TPSA) is 144 Å². The molecule has 6 rings (SSSR count). The normalized spacial score (nSPS) is 22.0. The van der Waals surface area contributed by atoms with Crippen molar-refractivity contribution in [2.75, 3.05) is 76.2 Å². The summed E-state index contributed by atoms with van der Waals surface area (Å²) in [5.74, 6) is 1.72. The number of aromatic hydroxyl groups is 1. The molecule has 236 valence electrons. The molecule has 0 bridgehead atoms. The van der Waals surface area contributed by atoms with Gasteiger partial charge in [0.2, 0.25) is 5.91 Å². The van der Waals surface area contributed by atoms with Crippen molar-refractivity contribution in [3.63, 3.8) is 0 Å². The minimum absolute atomic E-state index is 0.0709. The average molecular weight is 607 g/mol. The van der Waals surface area contributed by atoms with Gasteiger partial charge >= 0.3 is 0 Å². The first kappa shape index (κ1) is 30.1. The second-order valence-corrected chi connectivity index (χ2v) is 12.0. The van der Waals surface area contributed by atoms with Gasteiger partial charge in [0.05, 0.1) is 23.9 Å². The van der Waals surface area contributed by atoms with Gasteiger partial charge in [-0.2, -0.15) is 0 Å². The Hall–Kier alpha value is -3.94. The van der Waals surface area contributed by atoms with Crippen molar-refractivity contribution in [2.24, 2.45) is 0 Å². The van der Waals surface area contributed by atoms with Crippen LogP contribution in [0.2, 0.25) is 0 Å². The molecule has 0 spiro atoms. The maximum absolute atomic E-state index is 12.4. The highest BCUT2D eigenvalue weighted by atomic mass is 16.5. The number of carbonyl (C=O) groups is 1. The molecule has 13 nitrogen and oxygen atoms in total. The lowest BCUT2D eigenvalue weighted by Crippen LogP contribution is -2.51. The van der Waals surface area contributed by atoms with Gasteiger partial charge in [0.25, 0.3) is 5.88 Å². The van der Waals surface area contributed by atoms with Crippen molar-refractivity contribution in [1.82, 2.24) is 30.1 Å². The minimum Gasteiger partial charge on any atom is -0.507 e. The van der Waals surface area contributed by atoms with Crippen LogP contribution in [0.3, 0.4) is 0 Å². The molecule has 5 heterocycles. The number of carbonyl (C=O) groups excluding carboxylic acids is 1. The van der Waals surface area contributed by atoms with E-state index in [-0.39, 0.29) is 24.2 Å². The number of β-amino-alcohol motifs (C(OH)–C–C–N with tert-alkyl or cyclic N) is 1. The van der Waals surface area contributed by atoms with E-state index < -0.39 is 6.10 Å². The Morgan fingerprint density at radius 2 is 1.91 bits per heavy atom. The number of phenols is 1. The third-order valence-electron chi connectivity index (χ3n) is 8.83. The van der Waals surface area contributed by atoms with Gasteiger partial charge in [-0.1, -0.05) is 12.1 Å². The monoisotopic (exact) mass is 606 g/mol. The number of hydrogen-bond acceptors (Lipinski definition) is 12. The third kappa shape index (κ3) is 6.90. The summed E-state index contributed by atoms with van der Waals surface area (Å²) in [6, 6.07) is 11.4. The van der Waals surface area contributed by atoms with E-state index in [2.05, 4.69) is 35.4 Å². The number of rotatable bonds is 10. The van der Waals surface area contributed by atoms with Crippen molar-refractivity contribution in [3.05, 3.63) is 42.2 Å². The lowest BCUT2D eigenvalue weighted by molar-refractivity contribution is -0.130. The van der Waals surface area contributed by atoms with Crippen LogP contribution in [0, 0.1) is 0 Å². The van der Waals surface area contributed by atoms with Crippen LogP contribution in [0.15, 0.2) is 40.9 Å². The molecule has 3 atom stereocenters. The number of para-hydroxylation sites is 1. The van der Waals surface area contributed by atoms with E-state index in [0.29, 0.717) is 48.4 Å². The van der Waals surface area contributed by atoms with E-state index in [9.17, 15) is 15.0 Å². The first-order valence-electron chi connectivity index (χ1n) is 15.5. The molecule has 3 N–H and O–H groups in total. The molecule has 0 radical (unpaired) electrons. The van der Waals surface area contributed by atoms with Crippen molar-refractivity contribution in [3.8, 4) is 22.9 Å². The SMILES string of the molecule is CNc1nnc(-c2ccccc2O)cc1N1CCN(C2CCN(C[C@H](C)Oc3cc(CC(=O)N4CC[C@@H](O)C4)on3)C2)CC1. The number of ether oxygens (including phenoxy) is 1. The number of aromatic nitrogens is 3. The molecule has 2 aromatic heterocycles. The van der Waals surface area contributed by atoms with Gasteiger partial charge in [-0.25, -0.2) is 0 Å². The molecule has 0 aliphatic carbocycles. The van der Waals surface area contributed by atoms with E-state index in [0.717, 1.165) is 63.7 Å². The molecule has 3 aliphatic rings. The number of amides is 1. The molecule has 1 unspecified atom stereocenters. The number of nitrogens with one attached hydrogen (secondary N) is 1. The van der Waals surface area contributed by atoms with Crippen molar-refractivity contribution in [1.29, 1.82) is 0 Å². The van der Waals surface area contributed by atoms with Gasteiger partial charge in [0.1, 0.15) is 17.6 Å². The van der Waals surface area contributed by atoms with Crippen LogP contribution in [0.25, 0.3) is 11.3 Å². The molecule has 3 fully saturated rings. The summed E-state index contributed by atoms with van der Waals surface area (Å²) in [5.41, 5.74) is 2.32. The van der Waals surface area contributed by atoms with Crippen molar-refractivity contribution < 1.29 is 24.3 Å². The van der Waals surface area contributed by atoms with E-state index >= 15 is 0 Å². The standard InChI is InChI=1S/C31H42N8O5/c1-21(43-29-15-24(44-35-29)16-30(42)39-10-8-23(40)20-39)18-36-9-7-22(19-36)37-11-13-38(14-12-37)27-17-26(33-34-31(27)32-2)25-5-3-4-6-28(25)41/h3-6,15,17,21-23,40-41H,7-14,16,18-20H2,1-2H3,(H,32,34)/t21-,22?,23+/m0/s1. The smallest absolute Gasteiger partial charge is 0.254 e. The maximum Gasteiger partial charge on any atom is 0.254 e. The zero-order valence-corrected chi connectivity index (χ0v) is 25.4. The van der Waals surface area contributed by atoms with Crippen molar-refractivity contribution >= 4 is 17.4 Å². The van der Waals surface area contributed by atoms with Crippen LogP contribution in [0.1, 0.15) is 25.5 Å². The molecule has 3 aliphatic heterocycles. The molecule has 3 aromatic rings. The molecular formula is C31H42N8O5. The fourth-order valence-corrected chi connectivity index (χ4v) is 6.50. The summed E-state index contributed by atoms with van der Waals surface area (Å²) in [4.78, 5) is 21.5. The van der Waals surface area contributed by atoms with E-state index in [1.54, 1.807) is 23.1 Å². The number of aliphatic hydroxyl groups is 1. The van der Waals surface area contributed by atoms with E-state index in [4.69, 9.17) is 9.26 Å². The van der Waals surface area contributed by atoms with Gasteiger partial charge in [0.15, 0.2) is 5.82 Å². The Morgan fingerprint density at radius 3 is 2.66 bits per heavy atom. The Kier molecular flexibility index (Phi) is 9.14. The summed E-state index contributed by atoms with van der Waals surface area (Å²) in [6.45, 7) is 9.44. The molecule has 13 heteroatoms. The lowest BCUT2D eigenvalue weighted by atomic mass is 10.1. The summed E-state index contributed by atoms with van der Waals surface area (Å²) >= 11 is 0. The Labute approximate surface area is 257 Å². The van der Waals surface area contributed by atoms with Crippen LogP contribution < -0.4 is 15.0 Å². The predicted molar refractivity (Wildman–Crippen MR) is 165 cm³/mol. The number of nitrogens with zero attached hydrogens (tertiary/aromatic N) is 7. The zero-order valence-electron chi connectivity index (χ0n) is 25.4. The fourth-order valence-electron chi connectivity index (χ4n) is 6.50. The van der Waals surface area contributed by atoms with Crippen LogP contribution in [-0.4, -0.2) is 130 Å². The van der Waals surface area contributed by atoms with Gasteiger partial charge < -0.3 is 34.6 Å². The average Bonchev–Trinajstić information content (AvgIpc) is 3.79. The summed E-state index contributed by atoms with van der Waals surface area (Å²) in [5, 5.41) is 35.9. The summed E-state index contributed by atoms with van der Waals surface area (Å²) in [7, 11) is 1.85. The van der Waals surface area contributed by atoms with Crippen molar-refractivity contribution in [2.45, 2.75) is 44.4 Å². The predicted octanol–water partition coefficient (Wildman–Crippen LogP) is 1.68. The first-order valence-corrected chi connectivity index (χ1v) is 15.5. The molecule has 1 amide bonds. The van der Waals surface area contributed by atoms with Gasteiger partial charge in [-0.3, -0.25) is 14.6 Å². The third-order valence-corrected chi connectivity index (χ3v) is 8.83. The second-order valence-electron chi connectivity index (χ2n) is 12.0. The Morgan fingerprint density at radius 1 is 1.09 bits per heavy atom. The van der Waals surface area contributed by atoms with Crippen LogP contribution in [0.5, 0.6) is 11.6 Å². The fraction of sp³-hybridized carbons (Fsp3) is 0.548. The quantitative estimate of drug-likeness (QED) is 0.309.